The Morgan fingerprint density at radius 2 is 1.93 bits per heavy atom. The number of hydrogen-bond acceptors (Lipinski definition) is 5. The SMILES string of the molecule is Cc1cccc([C@H](C)c2nccn2C(=O)OCc2ccc(-n3cncn3)cc2)c1C. The third kappa shape index (κ3) is 3.87. The number of imidazole rings is 1. The smallest absolute Gasteiger partial charge is 0.419 e. The number of ether oxygens (including phenoxy) is 1. The molecule has 30 heavy (non-hydrogen) atoms. The molecule has 7 heteroatoms. The number of hydrogen-bond donors (Lipinski definition) is 0. The average molecular weight is 401 g/mol. The summed E-state index contributed by atoms with van der Waals surface area (Å²) in [6.45, 7) is 6.40. The predicted molar refractivity (Wildman–Crippen MR) is 113 cm³/mol. The van der Waals surface area contributed by atoms with Crippen LogP contribution in [0.4, 0.5) is 4.79 Å². The van der Waals surface area contributed by atoms with Gasteiger partial charge in [-0.05, 0) is 48.2 Å². The van der Waals surface area contributed by atoms with Crippen LogP contribution in [0.2, 0.25) is 0 Å². The van der Waals surface area contributed by atoms with Crippen LogP contribution in [0, 0.1) is 13.8 Å². The third-order valence-corrected chi connectivity index (χ3v) is 5.35. The summed E-state index contributed by atoms with van der Waals surface area (Å²) in [5.74, 6) is 0.629. The van der Waals surface area contributed by atoms with Gasteiger partial charge in [-0.15, -0.1) is 0 Å². The molecule has 4 rings (SSSR count). The first kappa shape index (κ1) is 19.6. The Hall–Kier alpha value is -3.74. The number of benzene rings is 2. The van der Waals surface area contributed by atoms with Gasteiger partial charge in [0.2, 0.25) is 0 Å². The highest BCUT2D eigenvalue weighted by molar-refractivity contribution is 5.71. The highest BCUT2D eigenvalue weighted by Gasteiger charge is 2.20. The molecule has 2 aromatic heterocycles. The molecule has 152 valence electrons. The second-order valence-electron chi connectivity index (χ2n) is 7.23. The maximum absolute atomic E-state index is 12.7. The maximum atomic E-state index is 12.7. The molecule has 0 bridgehead atoms. The van der Waals surface area contributed by atoms with E-state index in [1.807, 2.05) is 30.3 Å². The number of nitrogens with zero attached hydrogens (tertiary/aromatic N) is 5. The Bertz CT molecular complexity index is 1150. The summed E-state index contributed by atoms with van der Waals surface area (Å²) in [6.07, 6.45) is 5.95. The van der Waals surface area contributed by atoms with Gasteiger partial charge in [0, 0.05) is 18.3 Å². The van der Waals surface area contributed by atoms with Crippen LogP contribution in [0.1, 0.15) is 40.9 Å². The normalized spacial score (nSPS) is 12.0. The summed E-state index contributed by atoms with van der Waals surface area (Å²) < 4.78 is 8.68. The quantitative estimate of drug-likeness (QED) is 0.495. The molecule has 1 atom stereocenters. The van der Waals surface area contributed by atoms with Crippen molar-refractivity contribution in [3.8, 4) is 5.69 Å². The van der Waals surface area contributed by atoms with E-state index in [4.69, 9.17) is 4.74 Å². The molecule has 7 nitrogen and oxygen atoms in total. The van der Waals surface area contributed by atoms with Gasteiger partial charge in [0.15, 0.2) is 0 Å². The minimum absolute atomic E-state index is 0.0330. The zero-order valence-corrected chi connectivity index (χ0v) is 17.2. The van der Waals surface area contributed by atoms with Crippen LogP contribution in [0.15, 0.2) is 67.5 Å². The van der Waals surface area contributed by atoms with Crippen molar-refractivity contribution in [2.75, 3.05) is 0 Å². The predicted octanol–water partition coefficient (Wildman–Crippen LogP) is 4.42. The molecular formula is C23H23N5O2. The molecule has 2 heterocycles. The van der Waals surface area contributed by atoms with Crippen LogP contribution in [-0.2, 0) is 11.3 Å². The first-order valence-corrected chi connectivity index (χ1v) is 9.75. The first-order chi connectivity index (χ1) is 14.5. The Morgan fingerprint density at radius 3 is 2.67 bits per heavy atom. The largest absolute Gasteiger partial charge is 0.444 e. The van der Waals surface area contributed by atoms with Crippen molar-refractivity contribution >= 4 is 6.09 Å². The van der Waals surface area contributed by atoms with Crippen molar-refractivity contribution in [3.05, 3.63) is 95.6 Å². The Morgan fingerprint density at radius 1 is 1.13 bits per heavy atom. The lowest BCUT2D eigenvalue weighted by Crippen LogP contribution is -2.18. The first-order valence-electron chi connectivity index (χ1n) is 9.75. The zero-order chi connectivity index (χ0) is 21.1. The molecule has 4 aromatic rings. The minimum Gasteiger partial charge on any atom is -0.444 e. The van der Waals surface area contributed by atoms with Gasteiger partial charge < -0.3 is 4.74 Å². The van der Waals surface area contributed by atoms with Crippen LogP contribution >= 0.6 is 0 Å². The summed E-state index contributed by atoms with van der Waals surface area (Å²) in [6, 6.07) is 13.8. The second-order valence-corrected chi connectivity index (χ2v) is 7.23. The van der Waals surface area contributed by atoms with E-state index in [2.05, 4.69) is 48.0 Å². The number of aryl methyl sites for hydroxylation is 1. The van der Waals surface area contributed by atoms with Gasteiger partial charge in [0.25, 0.3) is 0 Å². The summed E-state index contributed by atoms with van der Waals surface area (Å²) in [5, 5.41) is 4.10. The summed E-state index contributed by atoms with van der Waals surface area (Å²) >= 11 is 0. The van der Waals surface area contributed by atoms with E-state index in [0.717, 1.165) is 16.8 Å². The minimum atomic E-state index is -0.444. The molecule has 2 aromatic carbocycles. The standard InChI is InChI=1S/C23H23N5O2/c1-16-5-4-6-21(17(16)2)18(3)22-25-11-12-27(22)23(29)30-13-19-7-9-20(10-8-19)28-15-24-14-26-28/h4-12,14-15,18H,13H2,1-3H3/t18-/m0/s1. The number of rotatable bonds is 5. The van der Waals surface area contributed by atoms with Crippen LogP contribution < -0.4 is 0 Å². The van der Waals surface area contributed by atoms with Crippen molar-refractivity contribution in [1.29, 1.82) is 0 Å². The van der Waals surface area contributed by atoms with E-state index < -0.39 is 6.09 Å². The van der Waals surface area contributed by atoms with Gasteiger partial charge in [-0.1, -0.05) is 37.3 Å². The number of aromatic nitrogens is 5. The van der Waals surface area contributed by atoms with Crippen LogP contribution in [-0.4, -0.2) is 30.4 Å². The summed E-state index contributed by atoms with van der Waals surface area (Å²) in [7, 11) is 0. The van der Waals surface area contributed by atoms with Gasteiger partial charge in [0.05, 0.1) is 5.69 Å². The lowest BCUT2D eigenvalue weighted by Gasteiger charge is -2.17. The highest BCUT2D eigenvalue weighted by Crippen LogP contribution is 2.27. The van der Waals surface area contributed by atoms with Crippen molar-refractivity contribution in [1.82, 2.24) is 24.3 Å². The van der Waals surface area contributed by atoms with E-state index in [1.165, 1.54) is 22.0 Å². The topological polar surface area (TPSA) is 74.8 Å². The molecule has 0 spiro atoms. The fourth-order valence-corrected chi connectivity index (χ4v) is 3.47. The number of carbonyl (C=O) groups is 1. The average Bonchev–Trinajstić information content (AvgIpc) is 3.46. The molecule has 0 aliphatic rings. The van der Waals surface area contributed by atoms with Gasteiger partial charge >= 0.3 is 6.09 Å². The van der Waals surface area contributed by atoms with E-state index in [9.17, 15) is 4.79 Å². The Balaban J connectivity index is 1.46. The van der Waals surface area contributed by atoms with E-state index in [-0.39, 0.29) is 12.5 Å². The summed E-state index contributed by atoms with van der Waals surface area (Å²) in [4.78, 5) is 21.1. The lowest BCUT2D eigenvalue weighted by atomic mass is 9.93. The molecular weight excluding hydrogens is 378 g/mol. The van der Waals surface area contributed by atoms with Crippen molar-refractivity contribution < 1.29 is 9.53 Å². The highest BCUT2D eigenvalue weighted by atomic mass is 16.5. The Kier molecular flexibility index (Phi) is 5.43. The Labute approximate surface area is 175 Å². The van der Waals surface area contributed by atoms with Crippen molar-refractivity contribution in [2.45, 2.75) is 33.3 Å². The zero-order valence-electron chi connectivity index (χ0n) is 17.2. The van der Waals surface area contributed by atoms with E-state index in [1.54, 1.807) is 23.4 Å². The number of carbonyl (C=O) groups excluding carboxylic acids is 1. The van der Waals surface area contributed by atoms with Gasteiger partial charge in [-0.2, -0.15) is 5.10 Å². The fourth-order valence-electron chi connectivity index (χ4n) is 3.47. The third-order valence-electron chi connectivity index (χ3n) is 5.35. The van der Waals surface area contributed by atoms with Crippen LogP contribution in [0.5, 0.6) is 0 Å². The molecule has 0 fully saturated rings. The molecule has 0 saturated heterocycles. The van der Waals surface area contributed by atoms with E-state index in [0.29, 0.717) is 5.82 Å². The van der Waals surface area contributed by atoms with E-state index >= 15 is 0 Å². The molecule has 0 radical (unpaired) electrons. The lowest BCUT2D eigenvalue weighted by molar-refractivity contribution is 0.140. The molecule has 0 N–H and O–H groups in total. The monoisotopic (exact) mass is 401 g/mol. The van der Waals surface area contributed by atoms with Gasteiger partial charge in [0.1, 0.15) is 25.1 Å². The van der Waals surface area contributed by atoms with Crippen LogP contribution in [0.25, 0.3) is 5.69 Å². The summed E-state index contributed by atoms with van der Waals surface area (Å²) in [5.41, 5.74) is 5.35. The van der Waals surface area contributed by atoms with Crippen molar-refractivity contribution in [3.63, 3.8) is 0 Å². The molecule has 0 unspecified atom stereocenters. The second kappa shape index (κ2) is 8.32. The molecule has 0 amide bonds. The molecule has 0 saturated carbocycles. The fraction of sp³-hybridized carbons (Fsp3) is 0.217. The maximum Gasteiger partial charge on any atom is 0.419 e. The van der Waals surface area contributed by atoms with Gasteiger partial charge in [-0.3, -0.25) is 0 Å². The van der Waals surface area contributed by atoms with Crippen LogP contribution in [0.3, 0.4) is 0 Å². The van der Waals surface area contributed by atoms with Crippen molar-refractivity contribution in [2.24, 2.45) is 0 Å². The molecule has 0 aliphatic carbocycles. The van der Waals surface area contributed by atoms with Gasteiger partial charge in [-0.25, -0.2) is 24.0 Å². The molecule has 0 aliphatic heterocycles.